The normalized spacial score (nSPS) is 10.8. The number of hydrogen-bond acceptors (Lipinski definition) is 3. The van der Waals surface area contributed by atoms with E-state index in [4.69, 9.17) is 21.6 Å². The molecule has 3 aromatic carbocycles. The molecule has 0 fully saturated rings. The number of aromatic nitrogens is 2. The Hall–Kier alpha value is -2.43. The Bertz CT molecular complexity index is 1050. The Balaban J connectivity index is 1.87. The molecule has 0 unspecified atom stereocenters. The molecule has 3 nitrogen and oxygen atoms in total. The van der Waals surface area contributed by atoms with Gasteiger partial charge >= 0.3 is 0 Å². The fraction of sp³-hybridized carbons (Fsp3) is 0. The number of para-hydroxylation sites is 2. The molecule has 122 valence electrons. The Morgan fingerprint density at radius 3 is 2.32 bits per heavy atom. The highest BCUT2D eigenvalue weighted by molar-refractivity contribution is 9.10. The van der Waals surface area contributed by atoms with Crippen molar-refractivity contribution in [3.63, 3.8) is 0 Å². The molecular weight excluding hydrogens is 398 g/mol. The van der Waals surface area contributed by atoms with Crippen LogP contribution in [-0.2, 0) is 0 Å². The second-order valence-electron chi connectivity index (χ2n) is 5.52. The van der Waals surface area contributed by atoms with Crippen LogP contribution in [0.15, 0.2) is 77.3 Å². The molecule has 0 aliphatic carbocycles. The molecule has 25 heavy (non-hydrogen) atoms. The molecule has 1 aromatic heterocycles. The number of anilines is 2. The molecule has 0 spiro atoms. The highest BCUT2D eigenvalue weighted by atomic mass is 79.9. The summed E-state index contributed by atoms with van der Waals surface area (Å²) in [6.07, 6.45) is 0. The van der Waals surface area contributed by atoms with E-state index in [0.29, 0.717) is 10.8 Å². The largest absolute Gasteiger partial charge is 0.339 e. The van der Waals surface area contributed by atoms with Crippen molar-refractivity contribution in [3.05, 3.63) is 82.3 Å². The minimum absolute atomic E-state index is 0.657. The van der Waals surface area contributed by atoms with Gasteiger partial charge in [-0.2, -0.15) is 0 Å². The SMILES string of the molecule is Clc1ccc(-c2nc(Nc3ccccc3Br)c3ccccc3n2)cc1. The predicted octanol–water partition coefficient (Wildman–Crippen LogP) is 6.46. The van der Waals surface area contributed by atoms with E-state index in [1.807, 2.05) is 72.8 Å². The quantitative estimate of drug-likeness (QED) is 0.421. The van der Waals surface area contributed by atoms with Crippen molar-refractivity contribution in [1.82, 2.24) is 9.97 Å². The highest BCUT2D eigenvalue weighted by Gasteiger charge is 2.10. The van der Waals surface area contributed by atoms with E-state index < -0.39 is 0 Å². The van der Waals surface area contributed by atoms with Crippen LogP contribution in [0.2, 0.25) is 5.02 Å². The van der Waals surface area contributed by atoms with Crippen molar-refractivity contribution in [2.45, 2.75) is 0 Å². The average Bonchev–Trinajstić information content (AvgIpc) is 2.64. The van der Waals surface area contributed by atoms with Crippen molar-refractivity contribution in [3.8, 4) is 11.4 Å². The molecule has 4 aromatic rings. The lowest BCUT2D eigenvalue weighted by Gasteiger charge is -2.12. The number of nitrogens with one attached hydrogen (secondary N) is 1. The molecule has 1 heterocycles. The fourth-order valence-corrected chi connectivity index (χ4v) is 3.10. The average molecular weight is 411 g/mol. The van der Waals surface area contributed by atoms with E-state index in [0.717, 1.165) is 32.4 Å². The van der Waals surface area contributed by atoms with Crippen molar-refractivity contribution >= 4 is 49.9 Å². The number of nitrogens with zero attached hydrogens (tertiary/aromatic N) is 2. The van der Waals surface area contributed by atoms with Gasteiger partial charge in [0.25, 0.3) is 0 Å². The molecule has 0 saturated heterocycles. The van der Waals surface area contributed by atoms with Gasteiger partial charge in [-0.1, -0.05) is 35.9 Å². The minimum Gasteiger partial charge on any atom is -0.339 e. The standard InChI is InChI=1S/C20H13BrClN3/c21-16-6-2-4-8-18(16)24-20-15-5-1-3-7-17(15)23-19(25-20)13-9-11-14(22)12-10-13/h1-12H,(H,23,24,25). The van der Waals surface area contributed by atoms with Crippen molar-refractivity contribution in [2.75, 3.05) is 5.32 Å². The topological polar surface area (TPSA) is 37.8 Å². The van der Waals surface area contributed by atoms with Crippen LogP contribution >= 0.6 is 27.5 Å². The molecule has 0 saturated carbocycles. The summed E-state index contributed by atoms with van der Waals surface area (Å²) in [4.78, 5) is 9.44. The summed E-state index contributed by atoms with van der Waals surface area (Å²) >= 11 is 9.56. The molecule has 0 aliphatic rings. The molecule has 4 rings (SSSR count). The van der Waals surface area contributed by atoms with E-state index in [1.54, 1.807) is 0 Å². The summed E-state index contributed by atoms with van der Waals surface area (Å²) in [5.41, 5.74) is 2.76. The maximum Gasteiger partial charge on any atom is 0.162 e. The van der Waals surface area contributed by atoms with Crippen LogP contribution in [0.5, 0.6) is 0 Å². The third-order valence-electron chi connectivity index (χ3n) is 3.83. The molecule has 0 atom stereocenters. The Labute approximate surface area is 158 Å². The second kappa shape index (κ2) is 6.82. The van der Waals surface area contributed by atoms with Crippen LogP contribution < -0.4 is 5.32 Å². The van der Waals surface area contributed by atoms with Gasteiger partial charge in [-0.15, -0.1) is 0 Å². The number of fused-ring (bicyclic) bond motifs is 1. The summed E-state index contributed by atoms with van der Waals surface area (Å²) in [6.45, 7) is 0. The maximum atomic E-state index is 5.99. The summed E-state index contributed by atoms with van der Waals surface area (Å²) in [7, 11) is 0. The fourth-order valence-electron chi connectivity index (χ4n) is 2.59. The lowest BCUT2D eigenvalue weighted by molar-refractivity contribution is 1.22. The maximum absolute atomic E-state index is 5.99. The van der Waals surface area contributed by atoms with Gasteiger partial charge in [0.15, 0.2) is 5.82 Å². The lowest BCUT2D eigenvalue weighted by Crippen LogP contribution is -1.99. The zero-order chi connectivity index (χ0) is 17.2. The summed E-state index contributed by atoms with van der Waals surface area (Å²) in [5.74, 6) is 1.42. The van der Waals surface area contributed by atoms with Gasteiger partial charge in [0, 0.05) is 20.4 Å². The number of halogens is 2. The highest BCUT2D eigenvalue weighted by Crippen LogP contribution is 2.30. The first-order chi connectivity index (χ1) is 12.2. The van der Waals surface area contributed by atoms with E-state index in [9.17, 15) is 0 Å². The molecule has 0 amide bonds. The molecule has 1 N–H and O–H groups in total. The molecule has 0 bridgehead atoms. The zero-order valence-corrected chi connectivity index (χ0v) is 15.4. The Kier molecular flexibility index (Phi) is 4.38. The van der Waals surface area contributed by atoms with E-state index in [-0.39, 0.29) is 0 Å². The van der Waals surface area contributed by atoms with Gasteiger partial charge in [0.1, 0.15) is 5.82 Å². The van der Waals surface area contributed by atoms with E-state index >= 15 is 0 Å². The third kappa shape index (κ3) is 3.36. The summed E-state index contributed by atoms with van der Waals surface area (Å²) in [5, 5.41) is 5.07. The van der Waals surface area contributed by atoms with Crippen LogP contribution in [-0.4, -0.2) is 9.97 Å². The number of rotatable bonds is 3. The molecule has 5 heteroatoms. The van der Waals surface area contributed by atoms with Crippen molar-refractivity contribution < 1.29 is 0 Å². The van der Waals surface area contributed by atoms with Crippen molar-refractivity contribution in [2.24, 2.45) is 0 Å². The van der Waals surface area contributed by atoms with Crippen LogP contribution in [0.3, 0.4) is 0 Å². The van der Waals surface area contributed by atoms with Crippen LogP contribution in [0.1, 0.15) is 0 Å². The zero-order valence-electron chi connectivity index (χ0n) is 13.1. The minimum atomic E-state index is 0.657. The van der Waals surface area contributed by atoms with Gasteiger partial charge < -0.3 is 5.32 Å². The Morgan fingerprint density at radius 1 is 0.800 bits per heavy atom. The van der Waals surface area contributed by atoms with E-state index in [1.165, 1.54) is 0 Å². The third-order valence-corrected chi connectivity index (χ3v) is 4.78. The van der Waals surface area contributed by atoms with Gasteiger partial charge in [-0.05, 0) is 64.5 Å². The first-order valence-corrected chi connectivity index (χ1v) is 8.92. The number of hydrogen-bond donors (Lipinski definition) is 1. The first-order valence-electron chi connectivity index (χ1n) is 7.75. The van der Waals surface area contributed by atoms with Crippen LogP contribution in [0, 0.1) is 0 Å². The summed E-state index contributed by atoms with van der Waals surface area (Å²) in [6, 6.07) is 23.5. The Morgan fingerprint density at radius 2 is 1.52 bits per heavy atom. The van der Waals surface area contributed by atoms with Gasteiger partial charge in [0.2, 0.25) is 0 Å². The monoisotopic (exact) mass is 409 g/mol. The molecule has 0 radical (unpaired) electrons. The van der Waals surface area contributed by atoms with Crippen LogP contribution in [0.25, 0.3) is 22.3 Å². The first kappa shape index (κ1) is 16.1. The van der Waals surface area contributed by atoms with Crippen LogP contribution in [0.4, 0.5) is 11.5 Å². The predicted molar refractivity (Wildman–Crippen MR) is 107 cm³/mol. The second-order valence-corrected chi connectivity index (χ2v) is 6.82. The van der Waals surface area contributed by atoms with Gasteiger partial charge in [-0.3, -0.25) is 0 Å². The summed E-state index contributed by atoms with van der Waals surface area (Å²) < 4.78 is 0.978. The molecule has 0 aliphatic heterocycles. The van der Waals surface area contributed by atoms with E-state index in [2.05, 4.69) is 21.2 Å². The van der Waals surface area contributed by atoms with Gasteiger partial charge in [0.05, 0.1) is 11.2 Å². The lowest BCUT2D eigenvalue weighted by atomic mass is 10.2. The molecular formula is C20H13BrClN3. The van der Waals surface area contributed by atoms with Crippen molar-refractivity contribution in [1.29, 1.82) is 0 Å². The smallest absolute Gasteiger partial charge is 0.162 e. The number of benzene rings is 3. The van der Waals surface area contributed by atoms with Gasteiger partial charge in [-0.25, -0.2) is 9.97 Å².